The van der Waals surface area contributed by atoms with Crippen molar-refractivity contribution in [1.29, 1.82) is 0 Å². The normalized spacial score (nSPS) is 23.0. The van der Waals surface area contributed by atoms with Crippen LogP contribution in [-0.4, -0.2) is 35.1 Å². The molecule has 0 radical (unpaired) electrons. The van der Waals surface area contributed by atoms with Crippen molar-refractivity contribution in [3.63, 3.8) is 0 Å². The van der Waals surface area contributed by atoms with Gasteiger partial charge in [-0.3, -0.25) is 9.59 Å². The van der Waals surface area contributed by atoms with Crippen LogP contribution in [0.15, 0.2) is 0 Å². The largest absolute Gasteiger partial charge is 0.388 e. The fourth-order valence-electron chi connectivity index (χ4n) is 3.78. The Morgan fingerprint density at radius 2 is 1.70 bits per heavy atom. The maximum absolute atomic E-state index is 12.1. The summed E-state index contributed by atoms with van der Waals surface area (Å²) >= 11 is 0. The van der Waals surface area contributed by atoms with Crippen LogP contribution in [0.1, 0.15) is 77.6 Å². The Balaban J connectivity index is 1.67. The molecule has 5 nitrogen and oxygen atoms in total. The Morgan fingerprint density at radius 3 is 2.30 bits per heavy atom. The molecule has 1 atom stereocenters. The maximum atomic E-state index is 12.1. The Labute approximate surface area is 139 Å². The van der Waals surface area contributed by atoms with Crippen LogP contribution >= 0.6 is 0 Å². The number of amides is 2. The van der Waals surface area contributed by atoms with Gasteiger partial charge in [-0.2, -0.15) is 0 Å². The number of aliphatic hydroxyl groups is 1. The molecule has 1 unspecified atom stereocenters. The molecule has 2 rings (SSSR count). The zero-order valence-electron chi connectivity index (χ0n) is 14.4. The molecule has 0 aromatic carbocycles. The third-order valence-corrected chi connectivity index (χ3v) is 5.26. The zero-order valence-corrected chi connectivity index (χ0v) is 14.4. The van der Waals surface area contributed by atoms with Gasteiger partial charge in [0.1, 0.15) is 0 Å². The van der Waals surface area contributed by atoms with E-state index in [4.69, 9.17) is 0 Å². The average Bonchev–Trinajstić information content (AvgIpc) is 2.95. The summed E-state index contributed by atoms with van der Waals surface area (Å²) in [6.07, 6.45) is 10.4. The lowest BCUT2D eigenvalue weighted by Gasteiger charge is -2.27. The van der Waals surface area contributed by atoms with E-state index in [0.717, 1.165) is 51.4 Å². The second-order valence-corrected chi connectivity index (χ2v) is 7.51. The first-order chi connectivity index (χ1) is 11.0. The third-order valence-electron chi connectivity index (χ3n) is 5.26. The first kappa shape index (κ1) is 18.2. The maximum Gasteiger partial charge on any atom is 0.223 e. The second-order valence-electron chi connectivity index (χ2n) is 7.51. The monoisotopic (exact) mass is 324 g/mol. The highest BCUT2D eigenvalue weighted by molar-refractivity contribution is 5.81. The van der Waals surface area contributed by atoms with Gasteiger partial charge in [0, 0.05) is 24.9 Å². The van der Waals surface area contributed by atoms with Gasteiger partial charge in [-0.05, 0) is 32.6 Å². The fourth-order valence-corrected chi connectivity index (χ4v) is 3.78. The summed E-state index contributed by atoms with van der Waals surface area (Å²) in [5.41, 5.74) is -0.748. The fraction of sp³-hybridized carbons (Fsp3) is 0.889. The van der Waals surface area contributed by atoms with Gasteiger partial charge in [0.25, 0.3) is 0 Å². The van der Waals surface area contributed by atoms with E-state index < -0.39 is 5.60 Å². The Hall–Kier alpha value is -1.10. The molecule has 0 aliphatic heterocycles. The molecule has 2 fully saturated rings. The van der Waals surface area contributed by atoms with Gasteiger partial charge in [0.05, 0.1) is 5.60 Å². The van der Waals surface area contributed by atoms with Gasteiger partial charge in [0.2, 0.25) is 11.8 Å². The smallest absolute Gasteiger partial charge is 0.223 e. The summed E-state index contributed by atoms with van der Waals surface area (Å²) in [5.74, 6) is 0.124. The van der Waals surface area contributed by atoms with E-state index >= 15 is 0 Å². The summed E-state index contributed by atoms with van der Waals surface area (Å²) < 4.78 is 0. The minimum absolute atomic E-state index is 0.0881. The van der Waals surface area contributed by atoms with Crippen LogP contribution < -0.4 is 10.6 Å². The SMILES string of the molecule is CC(CC(=O)NCC1(O)CCCCCC1)NC(=O)C1CCCC1. The second kappa shape index (κ2) is 8.67. The van der Waals surface area contributed by atoms with E-state index in [1.807, 2.05) is 6.92 Å². The van der Waals surface area contributed by atoms with E-state index in [2.05, 4.69) is 10.6 Å². The molecule has 0 saturated heterocycles. The van der Waals surface area contributed by atoms with Crippen LogP contribution in [0, 0.1) is 5.92 Å². The number of rotatable bonds is 6. The highest BCUT2D eigenvalue weighted by Crippen LogP contribution is 2.26. The minimum Gasteiger partial charge on any atom is -0.388 e. The predicted octanol–water partition coefficient (Wildman–Crippen LogP) is 2.27. The molecule has 0 heterocycles. The molecule has 132 valence electrons. The molecule has 2 aliphatic rings. The van der Waals surface area contributed by atoms with Crippen molar-refractivity contribution < 1.29 is 14.7 Å². The quantitative estimate of drug-likeness (QED) is 0.656. The van der Waals surface area contributed by atoms with Crippen LogP contribution in [0.25, 0.3) is 0 Å². The van der Waals surface area contributed by atoms with Gasteiger partial charge in [-0.25, -0.2) is 0 Å². The number of carbonyl (C=O) groups excluding carboxylic acids is 2. The molecule has 0 spiro atoms. The number of carbonyl (C=O) groups is 2. The van der Waals surface area contributed by atoms with Crippen LogP contribution in [0.2, 0.25) is 0 Å². The molecule has 2 amide bonds. The van der Waals surface area contributed by atoms with Crippen LogP contribution in [0.4, 0.5) is 0 Å². The number of hydrogen-bond donors (Lipinski definition) is 3. The van der Waals surface area contributed by atoms with Crippen LogP contribution in [0.5, 0.6) is 0 Å². The lowest BCUT2D eigenvalue weighted by molar-refractivity contribution is -0.126. The number of nitrogens with one attached hydrogen (secondary N) is 2. The third kappa shape index (κ3) is 6.13. The highest BCUT2D eigenvalue weighted by atomic mass is 16.3. The molecule has 0 aromatic rings. The predicted molar refractivity (Wildman–Crippen MR) is 89.8 cm³/mol. The van der Waals surface area contributed by atoms with Crippen molar-refractivity contribution in [3.05, 3.63) is 0 Å². The van der Waals surface area contributed by atoms with Gasteiger partial charge in [0.15, 0.2) is 0 Å². The Kier molecular flexibility index (Phi) is 6.88. The molecular formula is C18H32N2O3. The molecule has 3 N–H and O–H groups in total. The molecule has 2 aliphatic carbocycles. The highest BCUT2D eigenvalue weighted by Gasteiger charge is 2.29. The molecular weight excluding hydrogens is 292 g/mol. The molecule has 5 heteroatoms. The van der Waals surface area contributed by atoms with Crippen molar-refractivity contribution in [2.24, 2.45) is 5.92 Å². The van der Waals surface area contributed by atoms with E-state index in [-0.39, 0.29) is 30.2 Å². The topological polar surface area (TPSA) is 78.4 Å². The molecule has 0 aromatic heterocycles. The standard InChI is InChI=1S/C18H32N2O3/c1-14(20-17(22)15-8-4-5-9-15)12-16(21)19-13-18(23)10-6-2-3-7-11-18/h14-15,23H,2-13H2,1H3,(H,19,21)(H,20,22). The lowest BCUT2D eigenvalue weighted by Crippen LogP contribution is -2.45. The summed E-state index contributed by atoms with van der Waals surface area (Å²) in [7, 11) is 0. The Morgan fingerprint density at radius 1 is 1.09 bits per heavy atom. The average molecular weight is 324 g/mol. The van der Waals surface area contributed by atoms with Gasteiger partial charge >= 0.3 is 0 Å². The van der Waals surface area contributed by atoms with E-state index in [0.29, 0.717) is 6.54 Å². The molecule has 23 heavy (non-hydrogen) atoms. The zero-order chi connectivity index (χ0) is 16.7. The van der Waals surface area contributed by atoms with Crippen molar-refractivity contribution >= 4 is 11.8 Å². The summed E-state index contributed by atoms with van der Waals surface area (Å²) in [6, 6.07) is -0.160. The van der Waals surface area contributed by atoms with E-state index in [1.165, 1.54) is 12.8 Å². The summed E-state index contributed by atoms with van der Waals surface area (Å²) in [6.45, 7) is 2.20. The van der Waals surface area contributed by atoms with E-state index in [9.17, 15) is 14.7 Å². The van der Waals surface area contributed by atoms with E-state index in [1.54, 1.807) is 0 Å². The first-order valence-electron chi connectivity index (χ1n) is 9.28. The van der Waals surface area contributed by atoms with Crippen LogP contribution in [0.3, 0.4) is 0 Å². The summed E-state index contributed by atoms with van der Waals surface area (Å²) in [4.78, 5) is 24.1. The van der Waals surface area contributed by atoms with Crippen molar-refractivity contribution in [3.8, 4) is 0 Å². The Bertz CT molecular complexity index is 397. The van der Waals surface area contributed by atoms with Crippen molar-refractivity contribution in [2.75, 3.05) is 6.54 Å². The van der Waals surface area contributed by atoms with Crippen molar-refractivity contribution in [1.82, 2.24) is 10.6 Å². The van der Waals surface area contributed by atoms with Crippen molar-refractivity contribution in [2.45, 2.75) is 89.2 Å². The minimum atomic E-state index is -0.748. The summed E-state index contributed by atoms with van der Waals surface area (Å²) in [5, 5.41) is 16.3. The molecule has 0 bridgehead atoms. The molecule has 2 saturated carbocycles. The van der Waals surface area contributed by atoms with Gasteiger partial charge in [-0.1, -0.05) is 38.5 Å². The van der Waals surface area contributed by atoms with Gasteiger partial charge in [-0.15, -0.1) is 0 Å². The van der Waals surface area contributed by atoms with Gasteiger partial charge < -0.3 is 15.7 Å². The lowest BCUT2D eigenvalue weighted by atomic mass is 9.94. The first-order valence-corrected chi connectivity index (χ1v) is 9.28. The number of hydrogen-bond acceptors (Lipinski definition) is 3. The van der Waals surface area contributed by atoms with Crippen LogP contribution in [-0.2, 0) is 9.59 Å².